The first-order chi connectivity index (χ1) is 9.70. The predicted molar refractivity (Wildman–Crippen MR) is 78.6 cm³/mol. The Morgan fingerprint density at radius 1 is 1.25 bits per heavy atom. The third-order valence-electron chi connectivity index (χ3n) is 3.23. The van der Waals surface area contributed by atoms with Gasteiger partial charge in [-0.15, -0.1) is 0 Å². The van der Waals surface area contributed by atoms with E-state index in [1.807, 2.05) is 49.4 Å². The van der Waals surface area contributed by atoms with Crippen LogP contribution in [0.5, 0.6) is 5.75 Å². The van der Waals surface area contributed by atoms with Crippen LogP contribution in [0.4, 0.5) is 0 Å². The molecule has 4 heteroatoms. The fourth-order valence-corrected chi connectivity index (χ4v) is 1.99. The van der Waals surface area contributed by atoms with Crippen LogP contribution in [0.25, 0.3) is 0 Å². The lowest BCUT2D eigenvalue weighted by atomic mass is 10.1. The van der Waals surface area contributed by atoms with E-state index in [1.165, 1.54) is 0 Å². The number of pyridine rings is 1. The van der Waals surface area contributed by atoms with Gasteiger partial charge in [-0.05, 0) is 36.8 Å². The van der Waals surface area contributed by atoms with Crippen molar-refractivity contribution >= 4 is 0 Å². The second-order valence-corrected chi connectivity index (χ2v) is 4.68. The van der Waals surface area contributed by atoms with Crippen LogP contribution in [0.2, 0.25) is 0 Å². The molecule has 0 aliphatic rings. The van der Waals surface area contributed by atoms with Gasteiger partial charge in [0.15, 0.2) is 0 Å². The number of aliphatic hydroxyl groups excluding tert-OH is 1. The summed E-state index contributed by atoms with van der Waals surface area (Å²) in [4.78, 5) is 4.29. The Morgan fingerprint density at radius 3 is 2.80 bits per heavy atom. The highest BCUT2D eigenvalue weighted by Crippen LogP contribution is 2.19. The molecule has 106 valence electrons. The van der Waals surface area contributed by atoms with Gasteiger partial charge in [0.2, 0.25) is 0 Å². The Kier molecular flexibility index (Phi) is 5.09. The number of hydrogen-bond donors (Lipinski definition) is 2. The molecule has 1 aromatic carbocycles. The molecule has 1 aromatic heterocycles. The molecule has 0 bridgehead atoms. The highest BCUT2D eigenvalue weighted by Gasteiger charge is 2.11. The maximum Gasteiger partial charge on any atom is 0.119 e. The van der Waals surface area contributed by atoms with Crippen molar-refractivity contribution in [3.05, 3.63) is 59.9 Å². The van der Waals surface area contributed by atoms with Crippen molar-refractivity contribution in [3.63, 3.8) is 0 Å². The molecule has 0 spiro atoms. The number of ether oxygens (including phenoxy) is 1. The Balaban J connectivity index is 1.93. The Bertz CT molecular complexity index is 531. The first kappa shape index (κ1) is 14.5. The molecule has 2 atom stereocenters. The molecular formula is C16H20N2O2. The summed E-state index contributed by atoms with van der Waals surface area (Å²) < 4.78 is 5.16. The van der Waals surface area contributed by atoms with Gasteiger partial charge in [-0.2, -0.15) is 0 Å². The number of methoxy groups -OCH3 is 1. The van der Waals surface area contributed by atoms with E-state index in [-0.39, 0.29) is 6.04 Å². The second kappa shape index (κ2) is 7.03. The van der Waals surface area contributed by atoms with Gasteiger partial charge in [0, 0.05) is 18.8 Å². The molecule has 1 heterocycles. The van der Waals surface area contributed by atoms with Crippen LogP contribution >= 0.6 is 0 Å². The average Bonchev–Trinajstić information content (AvgIpc) is 2.53. The maximum absolute atomic E-state index is 10.2. The topological polar surface area (TPSA) is 54.4 Å². The van der Waals surface area contributed by atoms with Crippen molar-refractivity contribution in [1.29, 1.82) is 0 Å². The fraction of sp³-hybridized carbons (Fsp3) is 0.312. The highest BCUT2D eigenvalue weighted by atomic mass is 16.5. The van der Waals surface area contributed by atoms with E-state index in [9.17, 15) is 5.11 Å². The van der Waals surface area contributed by atoms with Gasteiger partial charge in [-0.25, -0.2) is 0 Å². The SMILES string of the molecule is COc1cccc(C(O)CN[C@H](C)c2ccccn2)c1. The van der Waals surface area contributed by atoms with Crippen molar-refractivity contribution in [1.82, 2.24) is 10.3 Å². The molecule has 2 N–H and O–H groups in total. The summed E-state index contributed by atoms with van der Waals surface area (Å²) in [5, 5.41) is 13.5. The number of aliphatic hydroxyl groups is 1. The van der Waals surface area contributed by atoms with Crippen LogP contribution in [-0.2, 0) is 0 Å². The second-order valence-electron chi connectivity index (χ2n) is 4.68. The summed E-state index contributed by atoms with van der Waals surface area (Å²) in [6, 6.07) is 13.4. The van der Waals surface area contributed by atoms with E-state index >= 15 is 0 Å². The van der Waals surface area contributed by atoms with Crippen molar-refractivity contribution < 1.29 is 9.84 Å². The monoisotopic (exact) mass is 272 g/mol. The van der Waals surface area contributed by atoms with Crippen molar-refractivity contribution in [2.24, 2.45) is 0 Å². The van der Waals surface area contributed by atoms with E-state index in [1.54, 1.807) is 13.3 Å². The molecule has 20 heavy (non-hydrogen) atoms. The lowest BCUT2D eigenvalue weighted by Crippen LogP contribution is -2.25. The normalized spacial score (nSPS) is 13.8. The van der Waals surface area contributed by atoms with E-state index in [4.69, 9.17) is 4.74 Å². The molecule has 2 aromatic rings. The smallest absolute Gasteiger partial charge is 0.119 e. The molecule has 0 amide bonds. The minimum absolute atomic E-state index is 0.0939. The first-order valence-electron chi connectivity index (χ1n) is 6.67. The molecule has 2 rings (SSSR count). The maximum atomic E-state index is 10.2. The van der Waals surface area contributed by atoms with Gasteiger partial charge in [0.05, 0.1) is 18.9 Å². The lowest BCUT2D eigenvalue weighted by molar-refractivity contribution is 0.170. The molecule has 4 nitrogen and oxygen atoms in total. The van der Waals surface area contributed by atoms with E-state index < -0.39 is 6.10 Å². The largest absolute Gasteiger partial charge is 0.497 e. The zero-order valence-corrected chi connectivity index (χ0v) is 11.8. The molecule has 0 saturated heterocycles. The average molecular weight is 272 g/mol. The Hall–Kier alpha value is -1.91. The number of hydrogen-bond acceptors (Lipinski definition) is 4. The van der Waals surface area contributed by atoms with E-state index in [0.29, 0.717) is 6.54 Å². The third-order valence-corrected chi connectivity index (χ3v) is 3.23. The third kappa shape index (κ3) is 3.79. The molecule has 0 aliphatic carbocycles. The summed E-state index contributed by atoms with van der Waals surface area (Å²) in [6.45, 7) is 2.49. The van der Waals surface area contributed by atoms with Crippen LogP contribution in [0.15, 0.2) is 48.7 Å². The molecular weight excluding hydrogens is 252 g/mol. The zero-order chi connectivity index (χ0) is 14.4. The van der Waals surface area contributed by atoms with Gasteiger partial charge in [-0.3, -0.25) is 4.98 Å². The van der Waals surface area contributed by atoms with Gasteiger partial charge >= 0.3 is 0 Å². The zero-order valence-electron chi connectivity index (χ0n) is 11.8. The van der Waals surface area contributed by atoms with Crippen molar-refractivity contribution in [2.75, 3.05) is 13.7 Å². The molecule has 0 saturated carbocycles. The van der Waals surface area contributed by atoms with Gasteiger partial charge < -0.3 is 15.2 Å². The minimum atomic E-state index is -0.573. The predicted octanol–water partition coefficient (Wildman–Crippen LogP) is 2.47. The number of benzene rings is 1. The van der Waals surface area contributed by atoms with Gasteiger partial charge in [-0.1, -0.05) is 18.2 Å². The molecule has 0 radical (unpaired) electrons. The number of nitrogens with zero attached hydrogens (tertiary/aromatic N) is 1. The summed E-state index contributed by atoms with van der Waals surface area (Å²) in [7, 11) is 1.62. The fourth-order valence-electron chi connectivity index (χ4n) is 1.99. The molecule has 0 fully saturated rings. The first-order valence-corrected chi connectivity index (χ1v) is 6.67. The van der Waals surface area contributed by atoms with Gasteiger partial charge in [0.25, 0.3) is 0 Å². The Morgan fingerprint density at radius 2 is 2.10 bits per heavy atom. The molecule has 0 aliphatic heterocycles. The molecule has 1 unspecified atom stereocenters. The van der Waals surface area contributed by atoms with E-state index in [2.05, 4.69) is 10.3 Å². The number of rotatable bonds is 6. The van der Waals surface area contributed by atoms with Crippen LogP contribution in [0, 0.1) is 0 Å². The standard InChI is InChI=1S/C16H20N2O2/c1-12(15-8-3-4-9-17-15)18-11-16(19)13-6-5-7-14(10-13)20-2/h3-10,12,16,18-19H,11H2,1-2H3/t12-,16?/m1/s1. The van der Waals surface area contributed by atoms with Crippen molar-refractivity contribution in [2.45, 2.75) is 19.1 Å². The summed E-state index contributed by atoms with van der Waals surface area (Å²) >= 11 is 0. The number of nitrogens with one attached hydrogen (secondary N) is 1. The van der Waals surface area contributed by atoms with Gasteiger partial charge in [0.1, 0.15) is 5.75 Å². The van der Waals surface area contributed by atoms with Crippen LogP contribution < -0.4 is 10.1 Å². The quantitative estimate of drug-likeness (QED) is 0.848. The number of aromatic nitrogens is 1. The van der Waals surface area contributed by atoms with Crippen molar-refractivity contribution in [3.8, 4) is 5.75 Å². The summed E-state index contributed by atoms with van der Waals surface area (Å²) in [5.41, 5.74) is 1.80. The van der Waals surface area contributed by atoms with Crippen LogP contribution in [0.1, 0.15) is 30.3 Å². The Labute approximate surface area is 119 Å². The lowest BCUT2D eigenvalue weighted by Gasteiger charge is -2.17. The minimum Gasteiger partial charge on any atom is -0.497 e. The highest BCUT2D eigenvalue weighted by molar-refractivity contribution is 5.29. The summed E-state index contributed by atoms with van der Waals surface area (Å²) in [6.07, 6.45) is 1.20. The van der Waals surface area contributed by atoms with Crippen LogP contribution in [0.3, 0.4) is 0 Å². The summed E-state index contributed by atoms with van der Waals surface area (Å²) in [5.74, 6) is 0.749. The van der Waals surface area contributed by atoms with E-state index in [0.717, 1.165) is 17.0 Å². The van der Waals surface area contributed by atoms with Crippen LogP contribution in [-0.4, -0.2) is 23.7 Å².